The molecule has 90 valence electrons. The van der Waals surface area contributed by atoms with Crippen LogP contribution >= 0.6 is 0 Å². The number of aryl methyl sites for hydroxylation is 1. The molecule has 0 heterocycles. The molecule has 0 fully saturated rings. The lowest BCUT2D eigenvalue weighted by atomic mass is 9.75. The lowest BCUT2D eigenvalue weighted by Crippen LogP contribution is -2.18. The Bertz CT molecular complexity index is 483. The zero-order chi connectivity index (χ0) is 12.0. The lowest BCUT2D eigenvalue weighted by Gasteiger charge is -2.29. The van der Waals surface area contributed by atoms with Gasteiger partial charge in [0.05, 0.1) is 0 Å². The molecule has 3 rings (SSSR count). The van der Waals surface area contributed by atoms with E-state index < -0.39 is 0 Å². The lowest BCUT2D eigenvalue weighted by molar-refractivity contribution is 0.581. The Hall–Kier alpha value is -1.04. The van der Waals surface area contributed by atoms with Crippen LogP contribution in [0.25, 0.3) is 5.57 Å². The molecule has 0 heteroatoms. The van der Waals surface area contributed by atoms with E-state index in [9.17, 15) is 0 Å². The average molecular weight is 226 g/mol. The van der Waals surface area contributed by atoms with Crippen molar-refractivity contribution in [3.63, 3.8) is 0 Å². The number of fused-ring (bicyclic) bond motifs is 1. The standard InChI is InChI=1S/C17H22/c1-17(2,3)16-14-9-5-8-13(14)10-11-15(16)12-6-4-7-12/h6,10-11H,4-5,7-9H2,1-3H3. The quantitative estimate of drug-likeness (QED) is 0.654. The van der Waals surface area contributed by atoms with E-state index in [1.807, 2.05) is 0 Å². The number of benzene rings is 1. The summed E-state index contributed by atoms with van der Waals surface area (Å²) >= 11 is 0. The molecule has 0 atom stereocenters. The molecule has 0 saturated carbocycles. The van der Waals surface area contributed by atoms with E-state index in [1.54, 1.807) is 27.8 Å². The largest absolute Gasteiger partial charge is 0.0804 e. The molecule has 0 saturated heterocycles. The molecule has 0 unspecified atom stereocenters. The Labute approximate surface area is 105 Å². The third-order valence-corrected chi connectivity index (χ3v) is 4.18. The fourth-order valence-corrected chi connectivity index (χ4v) is 3.32. The van der Waals surface area contributed by atoms with Gasteiger partial charge in [-0.3, -0.25) is 0 Å². The second-order valence-electron chi connectivity index (χ2n) is 6.50. The Morgan fingerprint density at radius 2 is 1.76 bits per heavy atom. The van der Waals surface area contributed by atoms with Crippen molar-refractivity contribution in [3.05, 3.63) is 40.5 Å². The summed E-state index contributed by atoms with van der Waals surface area (Å²) < 4.78 is 0. The maximum absolute atomic E-state index is 2.41. The number of hydrogen-bond donors (Lipinski definition) is 0. The van der Waals surface area contributed by atoms with Gasteiger partial charge in [-0.25, -0.2) is 0 Å². The molecule has 1 aromatic rings. The van der Waals surface area contributed by atoms with Crippen molar-refractivity contribution in [2.75, 3.05) is 0 Å². The molecule has 0 amide bonds. The molecule has 0 spiro atoms. The van der Waals surface area contributed by atoms with Crippen LogP contribution in [0.15, 0.2) is 18.2 Å². The zero-order valence-corrected chi connectivity index (χ0v) is 11.3. The molecule has 17 heavy (non-hydrogen) atoms. The summed E-state index contributed by atoms with van der Waals surface area (Å²) in [7, 11) is 0. The fourth-order valence-electron chi connectivity index (χ4n) is 3.32. The molecule has 2 aliphatic rings. The first-order chi connectivity index (χ1) is 8.07. The third-order valence-electron chi connectivity index (χ3n) is 4.18. The molecule has 0 radical (unpaired) electrons. The second-order valence-corrected chi connectivity index (χ2v) is 6.50. The van der Waals surface area contributed by atoms with Crippen LogP contribution in [0.4, 0.5) is 0 Å². The van der Waals surface area contributed by atoms with Crippen molar-refractivity contribution < 1.29 is 0 Å². The van der Waals surface area contributed by atoms with Crippen LogP contribution in [0, 0.1) is 0 Å². The van der Waals surface area contributed by atoms with Gasteiger partial charge in [0, 0.05) is 0 Å². The molecule has 0 aliphatic heterocycles. The van der Waals surface area contributed by atoms with Crippen LogP contribution in [0.3, 0.4) is 0 Å². The highest BCUT2D eigenvalue weighted by atomic mass is 14.3. The molecule has 0 nitrogen and oxygen atoms in total. The number of hydrogen-bond acceptors (Lipinski definition) is 0. The van der Waals surface area contributed by atoms with Gasteiger partial charge in [-0.15, -0.1) is 0 Å². The Kier molecular flexibility index (Phi) is 2.43. The molecular formula is C17H22. The summed E-state index contributed by atoms with van der Waals surface area (Å²) in [5, 5.41) is 0. The van der Waals surface area contributed by atoms with Gasteiger partial charge in [-0.1, -0.05) is 39.0 Å². The van der Waals surface area contributed by atoms with Gasteiger partial charge in [0.2, 0.25) is 0 Å². The molecule has 2 aliphatic carbocycles. The summed E-state index contributed by atoms with van der Waals surface area (Å²) in [4.78, 5) is 0. The van der Waals surface area contributed by atoms with E-state index in [1.165, 1.54) is 32.1 Å². The first kappa shape index (κ1) is 11.1. The van der Waals surface area contributed by atoms with Crippen molar-refractivity contribution in [1.29, 1.82) is 0 Å². The van der Waals surface area contributed by atoms with Gasteiger partial charge in [-0.2, -0.15) is 0 Å². The average Bonchev–Trinajstić information content (AvgIpc) is 2.59. The maximum atomic E-state index is 2.41. The van der Waals surface area contributed by atoms with Crippen molar-refractivity contribution in [3.8, 4) is 0 Å². The van der Waals surface area contributed by atoms with Crippen LogP contribution in [0.2, 0.25) is 0 Å². The van der Waals surface area contributed by atoms with Crippen LogP contribution in [-0.4, -0.2) is 0 Å². The van der Waals surface area contributed by atoms with Gasteiger partial charge in [0.25, 0.3) is 0 Å². The summed E-state index contributed by atoms with van der Waals surface area (Å²) in [6.07, 6.45) is 8.89. The first-order valence-corrected chi connectivity index (χ1v) is 6.92. The predicted molar refractivity (Wildman–Crippen MR) is 74.4 cm³/mol. The molecule has 0 N–H and O–H groups in total. The minimum absolute atomic E-state index is 0.279. The van der Waals surface area contributed by atoms with E-state index >= 15 is 0 Å². The SMILES string of the molecule is CC(C)(C)c1c(C2=CCC2)ccc2c1CCC2. The Balaban J connectivity index is 2.22. The van der Waals surface area contributed by atoms with Gasteiger partial charge in [0.15, 0.2) is 0 Å². The Morgan fingerprint density at radius 3 is 2.35 bits per heavy atom. The molecule has 0 bridgehead atoms. The van der Waals surface area contributed by atoms with Crippen molar-refractivity contribution in [2.45, 2.75) is 58.3 Å². The summed E-state index contributed by atoms with van der Waals surface area (Å²) in [6, 6.07) is 4.77. The smallest absolute Gasteiger partial charge is 0.0123 e. The van der Waals surface area contributed by atoms with Crippen LogP contribution in [0.1, 0.15) is 62.3 Å². The summed E-state index contributed by atoms with van der Waals surface area (Å²) in [6.45, 7) is 7.09. The third kappa shape index (κ3) is 1.74. The van der Waals surface area contributed by atoms with Crippen LogP contribution in [0.5, 0.6) is 0 Å². The number of rotatable bonds is 1. The minimum atomic E-state index is 0.279. The highest BCUT2D eigenvalue weighted by molar-refractivity contribution is 5.74. The van der Waals surface area contributed by atoms with Crippen LogP contribution in [-0.2, 0) is 18.3 Å². The highest BCUT2D eigenvalue weighted by Crippen LogP contribution is 2.41. The fraction of sp³-hybridized carbons (Fsp3) is 0.529. The predicted octanol–water partition coefficient (Wildman–Crippen LogP) is 4.65. The highest BCUT2D eigenvalue weighted by Gasteiger charge is 2.27. The van der Waals surface area contributed by atoms with E-state index in [-0.39, 0.29) is 5.41 Å². The van der Waals surface area contributed by atoms with E-state index in [0.717, 1.165) is 0 Å². The van der Waals surface area contributed by atoms with Crippen molar-refractivity contribution in [1.82, 2.24) is 0 Å². The van der Waals surface area contributed by atoms with Crippen LogP contribution < -0.4 is 0 Å². The monoisotopic (exact) mass is 226 g/mol. The summed E-state index contributed by atoms with van der Waals surface area (Å²) in [5.41, 5.74) is 8.33. The van der Waals surface area contributed by atoms with Gasteiger partial charge >= 0.3 is 0 Å². The second kappa shape index (κ2) is 3.73. The van der Waals surface area contributed by atoms with Gasteiger partial charge in [-0.05, 0) is 65.3 Å². The minimum Gasteiger partial charge on any atom is -0.0804 e. The zero-order valence-electron chi connectivity index (χ0n) is 11.3. The van der Waals surface area contributed by atoms with Crippen molar-refractivity contribution in [2.24, 2.45) is 0 Å². The number of allylic oxidation sites excluding steroid dienone is 2. The van der Waals surface area contributed by atoms with E-state index in [4.69, 9.17) is 0 Å². The van der Waals surface area contributed by atoms with Gasteiger partial charge < -0.3 is 0 Å². The molecule has 1 aromatic carbocycles. The molecular weight excluding hydrogens is 204 g/mol. The maximum Gasteiger partial charge on any atom is -0.0123 e. The van der Waals surface area contributed by atoms with Gasteiger partial charge in [0.1, 0.15) is 0 Å². The van der Waals surface area contributed by atoms with E-state index in [2.05, 4.69) is 39.0 Å². The molecule has 0 aromatic heterocycles. The normalized spacial score (nSPS) is 18.6. The first-order valence-electron chi connectivity index (χ1n) is 6.92. The van der Waals surface area contributed by atoms with E-state index in [0.29, 0.717) is 0 Å². The topological polar surface area (TPSA) is 0 Å². The summed E-state index contributed by atoms with van der Waals surface area (Å²) in [5.74, 6) is 0. The Morgan fingerprint density at radius 1 is 1.00 bits per heavy atom. The van der Waals surface area contributed by atoms with Crippen molar-refractivity contribution >= 4 is 5.57 Å².